The van der Waals surface area contributed by atoms with Crippen LogP contribution in [0.2, 0.25) is 0 Å². The number of carbonyl (C=O) groups excluding carboxylic acids is 1. The number of hydrogen-bond donors (Lipinski definition) is 1. The average molecular weight is 251 g/mol. The summed E-state index contributed by atoms with van der Waals surface area (Å²) in [5, 5.41) is 3.10. The van der Waals surface area contributed by atoms with Crippen molar-refractivity contribution >= 4 is 5.91 Å². The Bertz CT molecular complexity index is 343. The third kappa shape index (κ3) is 3.15. The van der Waals surface area contributed by atoms with Gasteiger partial charge in [0, 0.05) is 6.04 Å². The van der Waals surface area contributed by atoms with Crippen LogP contribution < -0.4 is 5.32 Å². The van der Waals surface area contributed by atoms with Crippen molar-refractivity contribution in [2.45, 2.75) is 66.8 Å². The van der Waals surface area contributed by atoms with Crippen LogP contribution in [-0.2, 0) is 4.79 Å². The van der Waals surface area contributed by atoms with Crippen LogP contribution in [0.3, 0.4) is 0 Å². The molecule has 104 valence electrons. The predicted molar refractivity (Wildman–Crippen MR) is 77.3 cm³/mol. The number of carbonyl (C=O) groups is 1. The van der Waals surface area contributed by atoms with Crippen LogP contribution in [0.1, 0.15) is 60.8 Å². The minimum absolute atomic E-state index is 0.193. The van der Waals surface area contributed by atoms with E-state index in [2.05, 4.69) is 39.6 Å². The maximum atomic E-state index is 12.6. The smallest absolute Gasteiger partial charge is 0.226 e. The van der Waals surface area contributed by atoms with E-state index in [9.17, 15) is 4.79 Å². The van der Waals surface area contributed by atoms with Gasteiger partial charge in [-0.3, -0.25) is 4.79 Å². The van der Waals surface area contributed by atoms with Crippen molar-refractivity contribution in [3.05, 3.63) is 12.2 Å². The highest BCUT2D eigenvalue weighted by Crippen LogP contribution is 2.51. The Balaban J connectivity index is 3.02. The van der Waals surface area contributed by atoms with Crippen LogP contribution in [0.15, 0.2) is 12.2 Å². The molecule has 2 atom stereocenters. The predicted octanol–water partition coefficient (Wildman–Crippen LogP) is 3.92. The molecule has 0 heterocycles. The summed E-state index contributed by atoms with van der Waals surface area (Å²) in [4.78, 5) is 12.6. The van der Waals surface area contributed by atoms with E-state index in [1.54, 1.807) is 0 Å². The zero-order chi connectivity index (χ0) is 14.1. The molecule has 1 amide bonds. The summed E-state index contributed by atoms with van der Waals surface area (Å²) in [7, 11) is 0. The Labute approximate surface area is 112 Å². The van der Waals surface area contributed by atoms with Gasteiger partial charge in [-0.25, -0.2) is 0 Å². The molecule has 1 saturated carbocycles. The zero-order valence-corrected chi connectivity index (χ0v) is 12.9. The molecule has 18 heavy (non-hydrogen) atoms. The van der Waals surface area contributed by atoms with E-state index in [-0.39, 0.29) is 22.8 Å². The maximum Gasteiger partial charge on any atom is 0.226 e. The minimum atomic E-state index is -0.308. The lowest BCUT2D eigenvalue weighted by Gasteiger charge is -2.47. The van der Waals surface area contributed by atoms with Gasteiger partial charge in [0.1, 0.15) is 0 Å². The highest BCUT2D eigenvalue weighted by Gasteiger charge is 2.48. The molecule has 0 bridgehead atoms. The molecule has 1 unspecified atom stereocenters. The van der Waals surface area contributed by atoms with E-state index in [1.807, 2.05) is 13.8 Å². The lowest BCUT2D eigenvalue weighted by Crippen LogP contribution is -2.51. The summed E-state index contributed by atoms with van der Waals surface area (Å²) < 4.78 is 0. The van der Waals surface area contributed by atoms with E-state index in [4.69, 9.17) is 0 Å². The quantitative estimate of drug-likeness (QED) is 0.757. The highest BCUT2D eigenvalue weighted by atomic mass is 16.2. The number of rotatable bonds is 3. The van der Waals surface area contributed by atoms with Gasteiger partial charge in [0.05, 0.1) is 5.41 Å². The Morgan fingerprint density at radius 1 is 1.33 bits per heavy atom. The lowest BCUT2D eigenvalue weighted by molar-refractivity contribution is -0.137. The van der Waals surface area contributed by atoms with Crippen LogP contribution in [0.25, 0.3) is 0 Å². The Morgan fingerprint density at radius 3 is 2.33 bits per heavy atom. The number of hydrogen-bond acceptors (Lipinski definition) is 1. The molecule has 0 saturated heterocycles. The fourth-order valence-corrected chi connectivity index (χ4v) is 3.52. The van der Waals surface area contributed by atoms with Gasteiger partial charge < -0.3 is 5.32 Å². The minimum Gasteiger partial charge on any atom is -0.353 e. The largest absolute Gasteiger partial charge is 0.353 e. The lowest BCUT2D eigenvalue weighted by atomic mass is 9.57. The van der Waals surface area contributed by atoms with Gasteiger partial charge in [-0.05, 0) is 51.4 Å². The molecule has 1 N–H and O–H groups in total. The van der Waals surface area contributed by atoms with Crippen LogP contribution in [0.5, 0.6) is 0 Å². The molecule has 0 radical (unpaired) electrons. The summed E-state index contributed by atoms with van der Waals surface area (Å²) in [5.41, 5.74) is 1.08. The van der Waals surface area contributed by atoms with Gasteiger partial charge in [-0.2, -0.15) is 0 Å². The second-order valence-electron chi connectivity index (χ2n) is 7.32. The van der Waals surface area contributed by atoms with E-state index >= 15 is 0 Å². The third-order valence-electron chi connectivity index (χ3n) is 4.26. The fourth-order valence-electron chi connectivity index (χ4n) is 3.52. The zero-order valence-electron chi connectivity index (χ0n) is 12.9. The first-order chi connectivity index (χ1) is 8.08. The number of amides is 1. The van der Waals surface area contributed by atoms with E-state index in [0.29, 0.717) is 5.92 Å². The second kappa shape index (κ2) is 5.07. The summed E-state index contributed by atoms with van der Waals surface area (Å²) >= 11 is 0. The van der Waals surface area contributed by atoms with Gasteiger partial charge >= 0.3 is 0 Å². The molecule has 1 aliphatic carbocycles. The van der Waals surface area contributed by atoms with Crippen molar-refractivity contribution in [2.75, 3.05) is 0 Å². The average Bonchev–Trinajstić information content (AvgIpc) is 2.13. The summed E-state index contributed by atoms with van der Waals surface area (Å²) in [5.74, 6) is 0.502. The molecule has 0 aromatic rings. The molecule has 1 aliphatic rings. The van der Waals surface area contributed by atoms with Crippen LogP contribution in [0.4, 0.5) is 0 Å². The van der Waals surface area contributed by atoms with E-state index < -0.39 is 0 Å². The van der Waals surface area contributed by atoms with Gasteiger partial charge in [-0.1, -0.05) is 32.9 Å². The fraction of sp³-hybridized carbons (Fsp3) is 0.812. The molecule has 1 fully saturated rings. The van der Waals surface area contributed by atoms with Gasteiger partial charge in [0.25, 0.3) is 0 Å². The first-order valence-corrected chi connectivity index (χ1v) is 7.05. The standard InChI is InChI=1S/C16H29NO/c1-11(2)13-8-9-15(5,6)10-16(13,7)14(18)17-12(3)4/h12-13H,1,8-10H2,2-7H3,(H,17,18)/t13?,16-/m0/s1. The van der Waals surface area contributed by atoms with Gasteiger partial charge in [0.15, 0.2) is 0 Å². The maximum absolute atomic E-state index is 12.6. The molecular formula is C16H29NO. The first kappa shape index (κ1) is 15.3. The molecule has 2 heteroatoms. The summed E-state index contributed by atoms with van der Waals surface area (Å²) in [6.45, 7) is 16.8. The topological polar surface area (TPSA) is 29.1 Å². The van der Waals surface area contributed by atoms with Crippen molar-refractivity contribution in [2.24, 2.45) is 16.7 Å². The molecule has 2 nitrogen and oxygen atoms in total. The molecular weight excluding hydrogens is 222 g/mol. The van der Waals surface area contributed by atoms with Gasteiger partial charge in [-0.15, -0.1) is 0 Å². The van der Waals surface area contributed by atoms with Crippen molar-refractivity contribution in [1.82, 2.24) is 5.32 Å². The van der Waals surface area contributed by atoms with Crippen molar-refractivity contribution in [3.8, 4) is 0 Å². The normalized spacial score (nSPS) is 31.2. The van der Waals surface area contributed by atoms with E-state index in [0.717, 1.165) is 18.4 Å². The molecule has 0 aromatic carbocycles. The second-order valence-corrected chi connectivity index (χ2v) is 7.32. The monoisotopic (exact) mass is 251 g/mol. The van der Waals surface area contributed by atoms with Crippen molar-refractivity contribution < 1.29 is 4.79 Å². The van der Waals surface area contributed by atoms with Crippen LogP contribution in [0, 0.1) is 16.7 Å². The number of allylic oxidation sites excluding steroid dienone is 1. The Morgan fingerprint density at radius 2 is 1.89 bits per heavy atom. The van der Waals surface area contributed by atoms with Crippen molar-refractivity contribution in [1.29, 1.82) is 0 Å². The van der Waals surface area contributed by atoms with E-state index in [1.165, 1.54) is 6.42 Å². The SMILES string of the molecule is C=C(C)C1CCC(C)(C)C[C@]1(C)C(=O)NC(C)C. The highest BCUT2D eigenvalue weighted by molar-refractivity contribution is 5.83. The Hall–Kier alpha value is -0.790. The summed E-state index contributed by atoms with van der Waals surface area (Å²) in [6, 6.07) is 0.199. The Kier molecular flexibility index (Phi) is 4.30. The molecule has 0 spiro atoms. The molecule has 1 rings (SSSR count). The third-order valence-corrected chi connectivity index (χ3v) is 4.26. The van der Waals surface area contributed by atoms with Gasteiger partial charge in [0.2, 0.25) is 5.91 Å². The summed E-state index contributed by atoms with van der Waals surface area (Å²) in [6.07, 6.45) is 3.19. The molecule has 0 aromatic heterocycles. The van der Waals surface area contributed by atoms with Crippen molar-refractivity contribution in [3.63, 3.8) is 0 Å². The first-order valence-electron chi connectivity index (χ1n) is 7.05. The van der Waals surface area contributed by atoms with Crippen LogP contribution in [-0.4, -0.2) is 11.9 Å². The van der Waals surface area contributed by atoms with Crippen LogP contribution >= 0.6 is 0 Å². The molecule has 0 aliphatic heterocycles. The number of nitrogens with one attached hydrogen (secondary N) is 1.